The van der Waals surface area contributed by atoms with E-state index < -0.39 is 23.9 Å². The molecule has 0 atom stereocenters. The van der Waals surface area contributed by atoms with Crippen molar-refractivity contribution in [2.45, 2.75) is 6.43 Å². The van der Waals surface area contributed by atoms with E-state index in [-0.39, 0.29) is 20.6 Å². The van der Waals surface area contributed by atoms with Crippen molar-refractivity contribution in [2.75, 3.05) is 13.7 Å². The Morgan fingerprint density at radius 1 is 1.53 bits per heavy atom. The van der Waals surface area contributed by atoms with Gasteiger partial charge in [0.1, 0.15) is 17.9 Å². The summed E-state index contributed by atoms with van der Waals surface area (Å²) in [5.41, 5.74) is -0.615. The van der Waals surface area contributed by atoms with Gasteiger partial charge in [-0.3, -0.25) is 10.1 Å². The topological polar surface area (TPSA) is 78.7 Å². The molecule has 0 aliphatic rings. The number of rotatable bonds is 5. The zero-order valence-corrected chi connectivity index (χ0v) is 11.7. The number of ether oxygens (including phenoxy) is 2. The molecule has 1 aromatic carbocycles. The molecule has 19 heavy (non-hydrogen) atoms. The van der Waals surface area contributed by atoms with Crippen LogP contribution in [-0.4, -0.2) is 31.0 Å². The van der Waals surface area contributed by atoms with E-state index in [1.807, 2.05) is 0 Å². The monoisotopic (exact) mass is 387 g/mol. The third kappa shape index (κ3) is 3.98. The lowest BCUT2D eigenvalue weighted by atomic mass is 10.2. The van der Waals surface area contributed by atoms with Crippen LogP contribution in [0.1, 0.15) is 10.4 Å². The number of carbonyl (C=O) groups excluding carboxylic acids is 1. The average molecular weight is 387 g/mol. The van der Waals surface area contributed by atoms with Gasteiger partial charge in [0.05, 0.1) is 15.6 Å². The third-order valence-corrected chi connectivity index (χ3v) is 2.80. The molecule has 1 aromatic rings. The van der Waals surface area contributed by atoms with Crippen LogP contribution in [0.25, 0.3) is 0 Å². The number of non-ortho nitro benzene ring substituents is 1. The van der Waals surface area contributed by atoms with E-state index in [0.29, 0.717) is 0 Å². The van der Waals surface area contributed by atoms with Crippen molar-refractivity contribution in [1.29, 1.82) is 0 Å². The fraction of sp³-hybridized carbons (Fsp3) is 0.300. The van der Waals surface area contributed by atoms with Crippen LogP contribution in [0.15, 0.2) is 12.1 Å². The molecule has 9 heteroatoms. The number of hydrogen-bond acceptors (Lipinski definition) is 5. The number of esters is 1. The Balaban J connectivity index is 3.26. The first-order valence-electron chi connectivity index (χ1n) is 4.84. The van der Waals surface area contributed by atoms with Crippen LogP contribution in [0, 0.1) is 13.7 Å². The van der Waals surface area contributed by atoms with Crippen molar-refractivity contribution >= 4 is 34.2 Å². The molecule has 0 fully saturated rings. The summed E-state index contributed by atoms with van der Waals surface area (Å²) >= 11 is 1.66. The van der Waals surface area contributed by atoms with Crippen LogP contribution in [0.3, 0.4) is 0 Å². The second-order valence-corrected chi connectivity index (χ2v) is 4.42. The van der Waals surface area contributed by atoms with Gasteiger partial charge in [-0.05, 0) is 22.6 Å². The van der Waals surface area contributed by atoms with Gasteiger partial charge >= 0.3 is 5.97 Å². The largest absolute Gasteiger partial charge is 0.486 e. The van der Waals surface area contributed by atoms with Gasteiger partial charge in [0, 0.05) is 12.1 Å². The molecule has 0 amide bonds. The summed E-state index contributed by atoms with van der Waals surface area (Å²) in [6, 6.07) is 2.04. The molecule has 0 unspecified atom stereocenters. The zero-order valence-electron chi connectivity index (χ0n) is 9.56. The highest BCUT2D eigenvalue weighted by Crippen LogP contribution is 2.31. The number of alkyl halides is 2. The number of carbonyl (C=O) groups is 1. The molecule has 1 rings (SSSR count). The van der Waals surface area contributed by atoms with Gasteiger partial charge in [-0.2, -0.15) is 0 Å². The van der Waals surface area contributed by atoms with Gasteiger partial charge in [0.15, 0.2) is 0 Å². The van der Waals surface area contributed by atoms with Gasteiger partial charge in [-0.15, -0.1) is 0 Å². The van der Waals surface area contributed by atoms with Gasteiger partial charge in [-0.25, -0.2) is 13.6 Å². The van der Waals surface area contributed by atoms with Crippen LogP contribution >= 0.6 is 22.6 Å². The molecule has 0 aliphatic heterocycles. The van der Waals surface area contributed by atoms with E-state index in [0.717, 1.165) is 19.2 Å². The normalized spacial score (nSPS) is 10.4. The minimum Gasteiger partial charge on any atom is -0.486 e. The van der Waals surface area contributed by atoms with Crippen molar-refractivity contribution in [1.82, 2.24) is 0 Å². The number of methoxy groups -OCH3 is 1. The molecule has 6 nitrogen and oxygen atoms in total. The van der Waals surface area contributed by atoms with E-state index in [4.69, 9.17) is 4.74 Å². The second-order valence-electron chi connectivity index (χ2n) is 3.26. The van der Waals surface area contributed by atoms with E-state index in [1.54, 1.807) is 22.6 Å². The number of halogens is 3. The number of nitro groups is 1. The predicted octanol–water partition coefficient (Wildman–Crippen LogP) is 2.63. The van der Waals surface area contributed by atoms with E-state index in [1.165, 1.54) is 0 Å². The quantitative estimate of drug-likeness (QED) is 0.336. The molecule has 0 aliphatic carbocycles. The van der Waals surface area contributed by atoms with Gasteiger partial charge in [-0.1, -0.05) is 0 Å². The average Bonchev–Trinajstić information content (AvgIpc) is 2.35. The molecule has 0 N–H and O–H groups in total. The summed E-state index contributed by atoms with van der Waals surface area (Å²) in [5, 5.41) is 10.7. The van der Waals surface area contributed by atoms with Crippen molar-refractivity contribution < 1.29 is 28.0 Å². The molecule has 0 heterocycles. The Bertz CT molecular complexity index is 509. The van der Waals surface area contributed by atoms with Crippen molar-refractivity contribution in [3.8, 4) is 5.75 Å². The summed E-state index contributed by atoms with van der Waals surface area (Å²) in [7, 11) is 1.07. The predicted molar refractivity (Wildman–Crippen MR) is 68.7 cm³/mol. The van der Waals surface area contributed by atoms with Gasteiger partial charge in [0.2, 0.25) is 0 Å². The lowest BCUT2D eigenvalue weighted by Gasteiger charge is -2.11. The summed E-state index contributed by atoms with van der Waals surface area (Å²) in [4.78, 5) is 21.5. The number of hydrogen-bond donors (Lipinski definition) is 0. The van der Waals surface area contributed by atoms with E-state index in [9.17, 15) is 23.7 Å². The minimum atomic E-state index is -2.73. The lowest BCUT2D eigenvalue weighted by molar-refractivity contribution is -0.385. The van der Waals surface area contributed by atoms with Crippen molar-refractivity contribution in [3.05, 3.63) is 31.4 Å². The molecule has 0 saturated carbocycles. The molecule has 0 bridgehead atoms. The van der Waals surface area contributed by atoms with E-state index in [2.05, 4.69) is 4.74 Å². The summed E-state index contributed by atoms with van der Waals surface area (Å²) in [5.74, 6) is -1.05. The van der Waals surface area contributed by atoms with Crippen molar-refractivity contribution in [3.63, 3.8) is 0 Å². The summed E-state index contributed by atoms with van der Waals surface area (Å²) in [6.07, 6.45) is -2.73. The number of nitro benzene ring substituents is 1. The maximum Gasteiger partial charge on any atom is 0.341 e. The zero-order chi connectivity index (χ0) is 14.6. The number of benzene rings is 1. The Kier molecular flexibility index (Phi) is 5.39. The molecule has 104 valence electrons. The standard InChI is InChI=1S/C10H8F2INO5/c1-18-10(15)6-2-5(14(16)17)3-7(13)9(6)19-4-8(11)12/h2-3,8H,4H2,1H3. The maximum absolute atomic E-state index is 12.1. The smallest absolute Gasteiger partial charge is 0.341 e. The van der Waals surface area contributed by atoms with Crippen molar-refractivity contribution in [2.24, 2.45) is 0 Å². The highest BCUT2D eigenvalue weighted by molar-refractivity contribution is 14.1. The summed E-state index contributed by atoms with van der Waals surface area (Å²) in [6.45, 7) is -0.919. The first kappa shape index (κ1) is 15.5. The Morgan fingerprint density at radius 2 is 2.16 bits per heavy atom. The van der Waals surface area contributed by atoms with Crippen LogP contribution < -0.4 is 4.74 Å². The maximum atomic E-state index is 12.1. The van der Waals surface area contributed by atoms with Crippen LogP contribution in [0.5, 0.6) is 5.75 Å². The molecule has 0 radical (unpaired) electrons. The Hall–Kier alpha value is -1.52. The van der Waals surface area contributed by atoms with E-state index >= 15 is 0 Å². The van der Waals surface area contributed by atoms with Gasteiger partial charge in [0.25, 0.3) is 12.1 Å². The molecular formula is C10H8F2INO5. The highest BCUT2D eigenvalue weighted by atomic mass is 127. The second kappa shape index (κ2) is 6.59. The first-order chi connectivity index (χ1) is 8.86. The molecule has 0 aromatic heterocycles. The van der Waals surface area contributed by atoms with Gasteiger partial charge < -0.3 is 9.47 Å². The Morgan fingerprint density at radius 3 is 2.63 bits per heavy atom. The van der Waals surface area contributed by atoms with Crippen LogP contribution in [-0.2, 0) is 4.74 Å². The SMILES string of the molecule is COC(=O)c1cc([N+](=O)[O-])cc(I)c1OCC(F)F. The Labute approximate surface area is 120 Å². The lowest BCUT2D eigenvalue weighted by Crippen LogP contribution is -2.12. The minimum absolute atomic E-state index is 0.154. The molecule has 0 spiro atoms. The fourth-order valence-electron chi connectivity index (χ4n) is 1.24. The first-order valence-corrected chi connectivity index (χ1v) is 5.92. The fourth-order valence-corrected chi connectivity index (χ4v) is 2.00. The molecular weight excluding hydrogens is 379 g/mol. The summed E-state index contributed by atoms with van der Waals surface area (Å²) < 4.78 is 33.7. The number of nitrogens with zero attached hydrogens (tertiary/aromatic N) is 1. The molecule has 0 saturated heterocycles. The van der Waals surface area contributed by atoms with Crippen LogP contribution in [0.2, 0.25) is 0 Å². The highest BCUT2D eigenvalue weighted by Gasteiger charge is 2.22. The van der Waals surface area contributed by atoms with Crippen LogP contribution in [0.4, 0.5) is 14.5 Å². The third-order valence-electron chi connectivity index (χ3n) is 2.00.